The van der Waals surface area contributed by atoms with Crippen LogP contribution in [0.15, 0.2) is 65.5 Å². The van der Waals surface area contributed by atoms with Gasteiger partial charge in [-0.15, -0.1) is 0 Å². The molecular formula is C18H16N2O. The Morgan fingerprint density at radius 2 is 1.62 bits per heavy atom. The van der Waals surface area contributed by atoms with Crippen LogP contribution in [0.2, 0.25) is 0 Å². The Kier molecular flexibility index (Phi) is 3.56. The molecule has 3 aromatic rings. The third kappa shape index (κ3) is 2.87. The van der Waals surface area contributed by atoms with Gasteiger partial charge >= 0.3 is 5.69 Å². The Balaban J connectivity index is 2.12. The number of hydrogen-bond acceptors (Lipinski definition) is 1. The van der Waals surface area contributed by atoms with E-state index < -0.39 is 0 Å². The van der Waals surface area contributed by atoms with Crippen molar-refractivity contribution in [3.63, 3.8) is 0 Å². The zero-order chi connectivity index (χ0) is 14.7. The molecule has 0 aliphatic carbocycles. The van der Waals surface area contributed by atoms with E-state index in [1.807, 2.05) is 66.7 Å². The van der Waals surface area contributed by atoms with Gasteiger partial charge in [0, 0.05) is 0 Å². The number of benzene rings is 2. The van der Waals surface area contributed by atoms with Crippen LogP contribution in [-0.2, 0) is 6.54 Å². The molecule has 0 radical (unpaired) electrons. The zero-order valence-electron chi connectivity index (χ0n) is 11.6. The zero-order valence-corrected chi connectivity index (χ0v) is 11.6. The molecular weight excluding hydrogens is 260 g/mol. The van der Waals surface area contributed by atoms with Crippen molar-refractivity contribution in [3.05, 3.63) is 93.0 Å². The highest BCUT2D eigenvalue weighted by Gasteiger charge is 2.03. The Morgan fingerprint density at radius 3 is 2.29 bits per heavy atom. The Labute approximate surface area is 122 Å². The summed E-state index contributed by atoms with van der Waals surface area (Å²) in [5, 5.41) is 1.45. The van der Waals surface area contributed by atoms with Gasteiger partial charge in [-0.05, 0) is 17.2 Å². The van der Waals surface area contributed by atoms with Crippen LogP contribution < -0.4 is 16.4 Å². The van der Waals surface area contributed by atoms with Crippen molar-refractivity contribution >= 4 is 12.7 Å². The van der Waals surface area contributed by atoms with Gasteiger partial charge in [0.05, 0.1) is 17.2 Å². The lowest BCUT2D eigenvalue weighted by Crippen LogP contribution is -2.32. The molecule has 0 aliphatic heterocycles. The van der Waals surface area contributed by atoms with Gasteiger partial charge in [-0.1, -0.05) is 67.2 Å². The van der Waals surface area contributed by atoms with Gasteiger partial charge in [0.15, 0.2) is 0 Å². The van der Waals surface area contributed by atoms with Crippen LogP contribution in [0, 0.1) is 0 Å². The van der Waals surface area contributed by atoms with Crippen molar-refractivity contribution in [2.24, 2.45) is 0 Å². The van der Waals surface area contributed by atoms with Crippen LogP contribution in [-0.4, -0.2) is 9.55 Å². The minimum atomic E-state index is -0.133. The number of hydrogen-bond donors (Lipinski definition) is 1. The smallest absolute Gasteiger partial charge is 0.306 e. The van der Waals surface area contributed by atoms with E-state index in [-0.39, 0.29) is 5.69 Å². The summed E-state index contributed by atoms with van der Waals surface area (Å²) >= 11 is 0. The fourth-order valence-electron chi connectivity index (χ4n) is 2.33. The van der Waals surface area contributed by atoms with Gasteiger partial charge in [-0.2, -0.15) is 0 Å². The summed E-state index contributed by atoms with van der Waals surface area (Å²) in [4.78, 5) is 14.9. The molecule has 104 valence electrons. The molecule has 0 amide bonds. The van der Waals surface area contributed by atoms with Gasteiger partial charge in [0.1, 0.15) is 0 Å². The molecule has 0 saturated heterocycles. The third-order valence-corrected chi connectivity index (χ3v) is 3.39. The van der Waals surface area contributed by atoms with Crippen LogP contribution in [0.25, 0.3) is 12.7 Å². The number of nitrogens with zero attached hydrogens (tertiary/aromatic N) is 1. The standard InChI is InChI=1S/C18H16N2O/c1-14-17(12-15-8-4-2-5-9-15)20(18(21)19-14)13-16-10-6-3-7-11-16/h2-12H,1,13H2,(H,19,21)/b17-12-. The summed E-state index contributed by atoms with van der Waals surface area (Å²) in [5.41, 5.74) is 2.00. The molecule has 0 spiro atoms. The molecule has 3 nitrogen and oxygen atoms in total. The fourth-order valence-corrected chi connectivity index (χ4v) is 2.33. The van der Waals surface area contributed by atoms with Gasteiger partial charge in [-0.3, -0.25) is 4.57 Å². The minimum Gasteiger partial charge on any atom is -0.306 e. The number of imidazole rings is 1. The largest absolute Gasteiger partial charge is 0.326 e. The highest BCUT2D eigenvalue weighted by atomic mass is 16.1. The van der Waals surface area contributed by atoms with Crippen molar-refractivity contribution in [2.45, 2.75) is 6.54 Å². The maximum absolute atomic E-state index is 12.1. The number of nitrogens with one attached hydrogen (secondary N) is 1. The summed E-state index contributed by atoms with van der Waals surface area (Å²) in [6, 6.07) is 19.8. The van der Waals surface area contributed by atoms with Crippen molar-refractivity contribution in [2.75, 3.05) is 0 Å². The monoisotopic (exact) mass is 276 g/mol. The third-order valence-electron chi connectivity index (χ3n) is 3.39. The Morgan fingerprint density at radius 1 is 1.00 bits per heavy atom. The van der Waals surface area contributed by atoms with Crippen LogP contribution in [0.1, 0.15) is 11.1 Å². The molecule has 3 rings (SSSR count). The Bertz CT molecular complexity index is 890. The van der Waals surface area contributed by atoms with Crippen molar-refractivity contribution < 1.29 is 0 Å². The molecule has 0 bridgehead atoms. The fraction of sp³-hybridized carbons (Fsp3) is 0.0556. The first-order chi connectivity index (χ1) is 10.2. The maximum Gasteiger partial charge on any atom is 0.326 e. The molecule has 3 heteroatoms. The first-order valence-corrected chi connectivity index (χ1v) is 6.82. The second-order valence-corrected chi connectivity index (χ2v) is 4.92. The van der Waals surface area contributed by atoms with E-state index in [4.69, 9.17) is 0 Å². The molecule has 21 heavy (non-hydrogen) atoms. The predicted molar refractivity (Wildman–Crippen MR) is 85.4 cm³/mol. The molecule has 1 aromatic heterocycles. The molecule has 0 fully saturated rings. The lowest BCUT2D eigenvalue weighted by Gasteiger charge is -2.02. The quantitative estimate of drug-likeness (QED) is 0.773. The normalized spacial score (nSPS) is 11.7. The van der Waals surface area contributed by atoms with Gasteiger partial charge in [0.2, 0.25) is 0 Å². The summed E-state index contributed by atoms with van der Waals surface area (Å²) < 4.78 is 1.71. The van der Waals surface area contributed by atoms with Gasteiger partial charge in [0.25, 0.3) is 0 Å². The van der Waals surface area contributed by atoms with Crippen molar-refractivity contribution in [3.8, 4) is 0 Å². The Hall–Kier alpha value is -2.81. The highest BCUT2D eigenvalue weighted by molar-refractivity contribution is 5.48. The van der Waals surface area contributed by atoms with Crippen LogP contribution in [0.5, 0.6) is 0 Å². The summed E-state index contributed by atoms with van der Waals surface area (Å²) in [7, 11) is 0. The molecule has 2 aromatic carbocycles. The second kappa shape index (κ2) is 5.67. The molecule has 1 N–H and O–H groups in total. The van der Waals surface area contributed by atoms with Crippen LogP contribution in [0.4, 0.5) is 0 Å². The topological polar surface area (TPSA) is 37.8 Å². The first-order valence-electron chi connectivity index (χ1n) is 6.82. The van der Waals surface area contributed by atoms with Gasteiger partial charge in [-0.25, -0.2) is 4.79 Å². The maximum atomic E-state index is 12.1. The highest BCUT2D eigenvalue weighted by Crippen LogP contribution is 2.00. The summed E-state index contributed by atoms with van der Waals surface area (Å²) in [6.07, 6.45) is 1.98. The SMILES string of the molecule is C=c1[nH]c(=O)n(Cc2ccccc2)/c1=C\c1ccccc1. The molecule has 0 aliphatic rings. The average Bonchev–Trinajstić information content (AvgIpc) is 2.76. The number of aromatic nitrogens is 2. The van der Waals surface area contributed by atoms with E-state index in [0.29, 0.717) is 11.9 Å². The number of rotatable bonds is 3. The molecule has 0 atom stereocenters. The lowest BCUT2D eigenvalue weighted by atomic mass is 10.2. The van der Waals surface area contributed by atoms with Crippen LogP contribution >= 0.6 is 0 Å². The summed E-state index contributed by atoms with van der Waals surface area (Å²) in [5.74, 6) is 0. The molecule has 0 saturated carbocycles. The number of aromatic amines is 1. The van der Waals surface area contributed by atoms with Gasteiger partial charge < -0.3 is 4.98 Å². The van der Waals surface area contributed by atoms with Crippen molar-refractivity contribution in [1.82, 2.24) is 9.55 Å². The van der Waals surface area contributed by atoms with Crippen LogP contribution in [0.3, 0.4) is 0 Å². The molecule has 0 unspecified atom stereocenters. The van der Waals surface area contributed by atoms with E-state index in [0.717, 1.165) is 16.5 Å². The van der Waals surface area contributed by atoms with E-state index in [9.17, 15) is 4.79 Å². The van der Waals surface area contributed by atoms with E-state index in [1.54, 1.807) is 4.57 Å². The van der Waals surface area contributed by atoms with E-state index >= 15 is 0 Å². The second-order valence-electron chi connectivity index (χ2n) is 4.92. The van der Waals surface area contributed by atoms with Crippen molar-refractivity contribution in [1.29, 1.82) is 0 Å². The lowest BCUT2D eigenvalue weighted by molar-refractivity contribution is 0.740. The predicted octanol–water partition coefficient (Wildman–Crippen LogP) is 1.46. The summed E-state index contributed by atoms with van der Waals surface area (Å²) in [6.45, 7) is 4.46. The number of H-pyrrole nitrogens is 1. The average molecular weight is 276 g/mol. The molecule has 1 heterocycles. The van der Waals surface area contributed by atoms with E-state index in [2.05, 4.69) is 11.6 Å². The van der Waals surface area contributed by atoms with E-state index in [1.165, 1.54) is 0 Å². The minimum absolute atomic E-state index is 0.133. The first kappa shape index (κ1) is 13.2.